The number of nitrogens with zero attached hydrogens (tertiary/aromatic N) is 2. The number of non-ortho nitro benzene ring substituents is 1. The molecule has 1 aliphatic heterocycles. The van der Waals surface area contributed by atoms with Crippen LogP contribution in [0, 0.1) is 17.0 Å². The molecule has 2 aromatic carbocycles. The minimum atomic E-state index is -0.994. The molecule has 1 unspecified atom stereocenters. The molecule has 0 aliphatic carbocycles. The van der Waals surface area contributed by atoms with Crippen LogP contribution in [0.4, 0.5) is 11.4 Å². The maximum absolute atomic E-state index is 13.0. The van der Waals surface area contributed by atoms with Crippen LogP contribution in [0.1, 0.15) is 22.0 Å². The first kappa shape index (κ1) is 20.3. The SMILES string of the molecule is Cc1ccc(O)c(N2C(=O)C(=O)/C(=C(\O)c3cccc([N+](=O)[O-])c3)C2c2cccs2)c1. The number of nitro benzene ring substituents is 1. The molecule has 1 aromatic heterocycles. The normalized spacial score (nSPS) is 17.8. The van der Waals surface area contributed by atoms with Crippen molar-refractivity contribution in [1.29, 1.82) is 0 Å². The highest BCUT2D eigenvalue weighted by molar-refractivity contribution is 7.10. The number of phenols is 1. The van der Waals surface area contributed by atoms with Gasteiger partial charge in [0, 0.05) is 22.6 Å². The van der Waals surface area contributed by atoms with Crippen molar-refractivity contribution < 1.29 is 24.7 Å². The largest absolute Gasteiger partial charge is 0.507 e. The van der Waals surface area contributed by atoms with Crippen LogP contribution in [-0.2, 0) is 9.59 Å². The molecule has 1 fully saturated rings. The molecule has 1 atom stereocenters. The van der Waals surface area contributed by atoms with Gasteiger partial charge in [0.2, 0.25) is 0 Å². The number of amides is 1. The van der Waals surface area contributed by atoms with Gasteiger partial charge in [-0.05, 0) is 36.1 Å². The van der Waals surface area contributed by atoms with Crippen molar-refractivity contribution in [2.75, 3.05) is 4.90 Å². The molecule has 0 radical (unpaired) electrons. The number of aliphatic hydroxyl groups is 1. The smallest absolute Gasteiger partial charge is 0.300 e. The predicted molar refractivity (Wildman–Crippen MR) is 115 cm³/mol. The fourth-order valence-corrected chi connectivity index (χ4v) is 4.37. The Labute approximate surface area is 180 Å². The van der Waals surface area contributed by atoms with Crippen LogP contribution in [-0.4, -0.2) is 26.8 Å². The summed E-state index contributed by atoms with van der Waals surface area (Å²) in [5.74, 6) is -2.56. The standard InChI is InChI=1S/C22H16N2O6S/c1-12-7-8-16(25)15(10-12)23-19(17-6-3-9-31-17)18(21(27)22(23)28)20(26)13-4-2-5-14(11-13)24(29)30/h2-11,19,25-26H,1H3/b20-18-. The van der Waals surface area contributed by atoms with Gasteiger partial charge in [-0.3, -0.25) is 24.6 Å². The number of phenolic OH excluding ortho intramolecular Hbond substituents is 1. The fraction of sp³-hybridized carbons (Fsp3) is 0.0909. The molecule has 0 spiro atoms. The number of rotatable bonds is 4. The van der Waals surface area contributed by atoms with Gasteiger partial charge in [0.1, 0.15) is 17.6 Å². The van der Waals surface area contributed by atoms with E-state index in [-0.39, 0.29) is 28.3 Å². The average molecular weight is 436 g/mol. The Morgan fingerprint density at radius 1 is 1.13 bits per heavy atom. The number of hydrogen-bond acceptors (Lipinski definition) is 7. The number of ketones is 1. The van der Waals surface area contributed by atoms with Crippen LogP contribution in [0.2, 0.25) is 0 Å². The molecule has 9 heteroatoms. The zero-order chi connectivity index (χ0) is 22.3. The van der Waals surface area contributed by atoms with Gasteiger partial charge >= 0.3 is 0 Å². The number of carbonyl (C=O) groups is 2. The lowest BCUT2D eigenvalue weighted by molar-refractivity contribution is -0.384. The number of hydrogen-bond donors (Lipinski definition) is 2. The van der Waals surface area contributed by atoms with Crippen LogP contribution in [0.5, 0.6) is 5.75 Å². The van der Waals surface area contributed by atoms with Gasteiger partial charge in [-0.1, -0.05) is 24.3 Å². The summed E-state index contributed by atoms with van der Waals surface area (Å²) in [5.41, 5.74) is 0.482. The molecule has 1 amide bonds. The van der Waals surface area contributed by atoms with Crippen molar-refractivity contribution >= 4 is 40.2 Å². The number of carbonyl (C=O) groups excluding carboxylic acids is 2. The number of aryl methyl sites for hydroxylation is 1. The summed E-state index contributed by atoms with van der Waals surface area (Å²) in [5, 5.41) is 34.3. The second-order valence-electron chi connectivity index (χ2n) is 6.98. The number of nitro groups is 1. The maximum atomic E-state index is 13.0. The van der Waals surface area contributed by atoms with Gasteiger partial charge in [0.25, 0.3) is 17.4 Å². The summed E-state index contributed by atoms with van der Waals surface area (Å²) in [7, 11) is 0. The van der Waals surface area contributed by atoms with Crippen LogP contribution >= 0.6 is 11.3 Å². The molecule has 4 rings (SSSR count). The summed E-state index contributed by atoms with van der Waals surface area (Å²) in [6, 6.07) is 12.3. The molecule has 3 aromatic rings. The Bertz CT molecular complexity index is 1250. The lowest BCUT2D eigenvalue weighted by atomic mass is 9.99. The lowest BCUT2D eigenvalue weighted by Gasteiger charge is -2.25. The zero-order valence-corrected chi connectivity index (χ0v) is 17.0. The van der Waals surface area contributed by atoms with Crippen molar-refractivity contribution in [2.24, 2.45) is 0 Å². The van der Waals surface area contributed by atoms with Crippen LogP contribution in [0.25, 0.3) is 5.76 Å². The predicted octanol–water partition coefficient (Wildman–Crippen LogP) is 4.30. The van der Waals surface area contributed by atoms with Crippen molar-refractivity contribution in [1.82, 2.24) is 0 Å². The molecule has 2 N–H and O–H groups in total. The maximum Gasteiger partial charge on any atom is 0.300 e. The van der Waals surface area contributed by atoms with Gasteiger partial charge in [-0.15, -0.1) is 11.3 Å². The number of Topliss-reactive ketones (excluding diaryl/α,β-unsaturated/α-hetero) is 1. The van der Waals surface area contributed by atoms with E-state index in [1.165, 1.54) is 35.6 Å². The van der Waals surface area contributed by atoms with E-state index < -0.39 is 28.4 Å². The Morgan fingerprint density at radius 3 is 2.58 bits per heavy atom. The van der Waals surface area contributed by atoms with Crippen LogP contribution in [0.15, 0.2) is 65.6 Å². The molecular formula is C22H16N2O6S. The molecule has 0 saturated carbocycles. The van der Waals surface area contributed by atoms with E-state index in [1.807, 2.05) is 0 Å². The molecule has 31 heavy (non-hydrogen) atoms. The molecule has 1 saturated heterocycles. The molecule has 2 heterocycles. The fourth-order valence-electron chi connectivity index (χ4n) is 3.55. The number of anilines is 1. The highest BCUT2D eigenvalue weighted by Gasteiger charge is 2.48. The summed E-state index contributed by atoms with van der Waals surface area (Å²) in [6.45, 7) is 1.78. The van der Waals surface area contributed by atoms with Gasteiger partial charge in [-0.25, -0.2) is 0 Å². The van der Waals surface area contributed by atoms with E-state index in [0.717, 1.165) is 16.5 Å². The number of thiophene rings is 1. The first-order valence-electron chi connectivity index (χ1n) is 9.18. The van der Waals surface area contributed by atoms with Crippen molar-refractivity contribution in [2.45, 2.75) is 13.0 Å². The van der Waals surface area contributed by atoms with Crippen molar-refractivity contribution in [3.8, 4) is 5.75 Å². The minimum Gasteiger partial charge on any atom is -0.507 e. The van der Waals surface area contributed by atoms with Crippen LogP contribution in [0.3, 0.4) is 0 Å². The van der Waals surface area contributed by atoms with Crippen molar-refractivity contribution in [3.05, 3.63) is 91.7 Å². The molecule has 156 valence electrons. The summed E-state index contributed by atoms with van der Waals surface area (Å²) < 4.78 is 0. The van der Waals surface area contributed by atoms with E-state index in [9.17, 15) is 29.9 Å². The number of aliphatic hydroxyl groups excluding tert-OH is 1. The molecule has 1 aliphatic rings. The molecule has 8 nitrogen and oxygen atoms in total. The quantitative estimate of drug-likeness (QED) is 0.207. The summed E-state index contributed by atoms with van der Waals surface area (Å²) in [4.78, 5) is 38.3. The topological polar surface area (TPSA) is 121 Å². The Morgan fingerprint density at radius 2 is 1.90 bits per heavy atom. The van der Waals surface area contributed by atoms with E-state index in [1.54, 1.807) is 36.6 Å². The Balaban J connectivity index is 1.95. The third-order valence-electron chi connectivity index (χ3n) is 4.98. The second-order valence-corrected chi connectivity index (χ2v) is 7.96. The Hall–Kier alpha value is -3.98. The third-order valence-corrected chi connectivity index (χ3v) is 5.90. The number of aromatic hydroxyl groups is 1. The van der Waals surface area contributed by atoms with Crippen molar-refractivity contribution in [3.63, 3.8) is 0 Å². The van der Waals surface area contributed by atoms with E-state index >= 15 is 0 Å². The molecule has 0 bridgehead atoms. The Kier molecular flexibility index (Phi) is 5.04. The molecular weight excluding hydrogens is 420 g/mol. The first-order valence-corrected chi connectivity index (χ1v) is 10.1. The van der Waals surface area contributed by atoms with Gasteiger partial charge in [0.15, 0.2) is 0 Å². The first-order chi connectivity index (χ1) is 14.8. The highest BCUT2D eigenvalue weighted by Crippen LogP contribution is 2.46. The lowest BCUT2D eigenvalue weighted by Crippen LogP contribution is -2.29. The van der Waals surface area contributed by atoms with E-state index in [4.69, 9.17) is 0 Å². The zero-order valence-electron chi connectivity index (χ0n) is 16.2. The minimum absolute atomic E-state index is 0.0437. The monoisotopic (exact) mass is 436 g/mol. The van der Waals surface area contributed by atoms with Gasteiger partial charge in [-0.2, -0.15) is 0 Å². The third kappa shape index (κ3) is 3.44. The van der Waals surface area contributed by atoms with Gasteiger partial charge in [0.05, 0.1) is 16.2 Å². The summed E-state index contributed by atoms with van der Waals surface area (Å²) >= 11 is 1.28. The van der Waals surface area contributed by atoms with E-state index in [2.05, 4.69) is 0 Å². The van der Waals surface area contributed by atoms with E-state index in [0.29, 0.717) is 4.88 Å². The number of benzene rings is 2. The van der Waals surface area contributed by atoms with Crippen LogP contribution < -0.4 is 4.90 Å². The summed E-state index contributed by atoms with van der Waals surface area (Å²) in [6.07, 6.45) is 0. The highest BCUT2D eigenvalue weighted by atomic mass is 32.1. The second kappa shape index (κ2) is 7.69. The average Bonchev–Trinajstić information content (AvgIpc) is 3.37. The van der Waals surface area contributed by atoms with Gasteiger partial charge < -0.3 is 10.2 Å².